The van der Waals surface area contributed by atoms with Gasteiger partial charge in [-0.1, -0.05) is 12.1 Å². The van der Waals surface area contributed by atoms with Gasteiger partial charge in [0.05, 0.1) is 12.7 Å². The van der Waals surface area contributed by atoms with Crippen LogP contribution in [0, 0.1) is 13.8 Å². The fraction of sp³-hybridized carbons (Fsp3) is 0.467. The van der Waals surface area contributed by atoms with Crippen LogP contribution in [0.15, 0.2) is 24.8 Å². The van der Waals surface area contributed by atoms with Crippen LogP contribution in [0.25, 0.3) is 0 Å². The summed E-state index contributed by atoms with van der Waals surface area (Å²) in [4.78, 5) is 0. The lowest BCUT2D eigenvalue weighted by atomic mass is 9.86. The molecule has 0 fully saturated rings. The first-order chi connectivity index (χ1) is 7.92. The number of aliphatic hydroxyl groups is 1. The molecule has 1 N–H and O–H groups in total. The van der Waals surface area contributed by atoms with Gasteiger partial charge in [-0.05, 0) is 50.8 Å². The van der Waals surface area contributed by atoms with Gasteiger partial charge in [-0.3, -0.25) is 0 Å². The third-order valence-electron chi connectivity index (χ3n) is 3.04. The number of hydrogen-bond donors (Lipinski definition) is 1. The van der Waals surface area contributed by atoms with Gasteiger partial charge in [0.25, 0.3) is 0 Å². The van der Waals surface area contributed by atoms with Gasteiger partial charge in [0.15, 0.2) is 0 Å². The molecule has 94 valence electrons. The van der Waals surface area contributed by atoms with Gasteiger partial charge in [0.1, 0.15) is 5.75 Å². The monoisotopic (exact) mass is 234 g/mol. The second kappa shape index (κ2) is 5.37. The molecule has 0 saturated carbocycles. The maximum absolute atomic E-state index is 10.6. The Kier molecular flexibility index (Phi) is 4.35. The van der Waals surface area contributed by atoms with Crippen LogP contribution in [0.2, 0.25) is 0 Å². The van der Waals surface area contributed by atoms with Crippen molar-refractivity contribution >= 4 is 0 Å². The predicted molar refractivity (Wildman–Crippen MR) is 71.5 cm³/mol. The number of rotatable bonds is 5. The lowest BCUT2D eigenvalue weighted by Crippen LogP contribution is -2.23. The zero-order chi connectivity index (χ0) is 13.1. The van der Waals surface area contributed by atoms with Crippen molar-refractivity contribution in [2.75, 3.05) is 7.11 Å². The molecule has 17 heavy (non-hydrogen) atoms. The van der Waals surface area contributed by atoms with Crippen LogP contribution in [0.3, 0.4) is 0 Å². The van der Waals surface area contributed by atoms with E-state index in [9.17, 15) is 5.11 Å². The van der Waals surface area contributed by atoms with Gasteiger partial charge in [-0.25, -0.2) is 0 Å². The van der Waals surface area contributed by atoms with E-state index in [4.69, 9.17) is 4.74 Å². The minimum atomic E-state index is -0.878. The van der Waals surface area contributed by atoms with E-state index in [1.807, 2.05) is 32.9 Å². The maximum atomic E-state index is 10.6. The van der Waals surface area contributed by atoms with Crippen molar-refractivity contribution in [3.63, 3.8) is 0 Å². The summed E-state index contributed by atoms with van der Waals surface area (Å²) in [6.07, 6.45) is 3.25. The first-order valence-corrected chi connectivity index (χ1v) is 5.91. The summed E-state index contributed by atoms with van der Waals surface area (Å²) in [6.45, 7) is 9.56. The molecular formula is C15H22O2. The smallest absolute Gasteiger partial charge is 0.125 e. The van der Waals surface area contributed by atoms with Gasteiger partial charge in [-0.2, -0.15) is 0 Å². The van der Waals surface area contributed by atoms with Gasteiger partial charge in [0.2, 0.25) is 0 Å². The third kappa shape index (κ3) is 3.10. The third-order valence-corrected chi connectivity index (χ3v) is 3.04. The maximum Gasteiger partial charge on any atom is 0.125 e. The second-order valence-corrected chi connectivity index (χ2v) is 4.76. The van der Waals surface area contributed by atoms with Crippen molar-refractivity contribution in [3.05, 3.63) is 41.5 Å². The SMILES string of the molecule is C=CCCC(C)(O)c1c(C)cc(C)cc1OC. The van der Waals surface area contributed by atoms with Crippen molar-refractivity contribution < 1.29 is 9.84 Å². The molecule has 0 aliphatic heterocycles. The molecule has 2 nitrogen and oxygen atoms in total. The fourth-order valence-electron chi connectivity index (χ4n) is 2.29. The van der Waals surface area contributed by atoms with Crippen molar-refractivity contribution in [2.45, 2.75) is 39.2 Å². The van der Waals surface area contributed by atoms with Crippen LogP contribution in [0.1, 0.15) is 36.5 Å². The highest BCUT2D eigenvalue weighted by atomic mass is 16.5. The van der Waals surface area contributed by atoms with Crippen molar-refractivity contribution in [1.29, 1.82) is 0 Å². The molecular weight excluding hydrogens is 212 g/mol. The van der Waals surface area contributed by atoms with E-state index in [0.29, 0.717) is 6.42 Å². The molecule has 1 aromatic carbocycles. The highest BCUT2D eigenvalue weighted by molar-refractivity contribution is 5.46. The van der Waals surface area contributed by atoms with E-state index in [0.717, 1.165) is 28.9 Å². The Hall–Kier alpha value is -1.28. The lowest BCUT2D eigenvalue weighted by molar-refractivity contribution is 0.0456. The summed E-state index contributed by atoms with van der Waals surface area (Å²) >= 11 is 0. The molecule has 0 aliphatic carbocycles. The highest BCUT2D eigenvalue weighted by Crippen LogP contribution is 2.36. The molecule has 1 aromatic rings. The molecule has 0 spiro atoms. The summed E-state index contributed by atoms with van der Waals surface area (Å²) in [5.74, 6) is 0.761. The first kappa shape index (κ1) is 13.8. The molecule has 0 bridgehead atoms. The second-order valence-electron chi connectivity index (χ2n) is 4.76. The molecule has 1 rings (SSSR count). The van der Waals surface area contributed by atoms with E-state index < -0.39 is 5.60 Å². The first-order valence-electron chi connectivity index (χ1n) is 5.91. The summed E-state index contributed by atoms with van der Waals surface area (Å²) in [7, 11) is 1.64. The normalized spacial score (nSPS) is 14.2. The summed E-state index contributed by atoms with van der Waals surface area (Å²) in [5, 5.41) is 10.6. The molecule has 0 aromatic heterocycles. The molecule has 0 saturated heterocycles. The standard InChI is InChI=1S/C15H22O2/c1-6-7-8-15(4,16)14-12(3)9-11(2)10-13(14)17-5/h6,9-10,16H,1,7-8H2,2-5H3. The van der Waals surface area contributed by atoms with Crippen LogP contribution >= 0.6 is 0 Å². The Morgan fingerprint density at radius 3 is 2.59 bits per heavy atom. The van der Waals surface area contributed by atoms with Crippen LogP contribution in [0.4, 0.5) is 0 Å². The quantitative estimate of drug-likeness (QED) is 0.790. The van der Waals surface area contributed by atoms with E-state index in [1.165, 1.54) is 0 Å². The Balaban J connectivity index is 3.23. The van der Waals surface area contributed by atoms with Crippen molar-refractivity contribution in [3.8, 4) is 5.75 Å². The zero-order valence-corrected chi connectivity index (χ0v) is 11.2. The average molecular weight is 234 g/mol. The lowest BCUT2D eigenvalue weighted by Gasteiger charge is -2.27. The summed E-state index contributed by atoms with van der Waals surface area (Å²) in [6, 6.07) is 4.03. The number of allylic oxidation sites excluding steroid dienone is 1. The summed E-state index contributed by atoms with van der Waals surface area (Å²) < 4.78 is 5.39. The number of aryl methyl sites for hydroxylation is 2. The van der Waals surface area contributed by atoms with E-state index >= 15 is 0 Å². The fourth-order valence-corrected chi connectivity index (χ4v) is 2.29. The van der Waals surface area contributed by atoms with Crippen LogP contribution < -0.4 is 4.74 Å². The molecule has 2 heteroatoms. The molecule has 0 heterocycles. The Labute approximate surface area is 104 Å². The van der Waals surface area contributed by atoms with Crippen molar-refractivity contribution in [2.24, 2.45) is 0 Å². The van der Waals surface area contributed by atoms with Crippen LogP contribution in [-0.2, 0) is 5.60 Å². The molecule has 0 amide bonds. The number of benzene rings is 1. The molecule has 0 aliphatic rings. The van der Waals surface area contributed by atoms with Gasteiger partial charge in [0, 0.05) is 5.56 Å². The highest BCUT2D eigenvalue weighted by Gasteiger charge is 2.28. The number of ether oxygens (including phenoxy) is 1. The largest absolute Gasteiger partial charge is 0.496 e. The van der Waals surface area contributed by atoms with E-state index in [2.05, 4.69) is 12.6 Å². The van der Waals surface area contributed by atoms with Crippen LogP contribution in [-0.4, -0.2) is 12.2 Å². The molecule has 0 radical (unpaired) electrons. The number of hydrogen-bond acceptors (Lipinski definition) is 2. The predicted octanol–water partition coefficient (Wildman–Crippen LogP) is 3.49. The van der Waals surface area contributed by atoms with Gasteiger partial charge in [-0.15, -0.1) is 6.58 Å². The summed E-state index contributed by atoms with van der Waals surface area (Å²) in [5.41, 5.74) is 2.21. The zero-order valence-electron chi connectivity index (χ0n) is 11.2. The molecule has 1 atom stereocenters. The van der Waals surface area contributed by atoms with E-state index in [1.54, 1.807) is 7.11 Å². The van der Waals surface area contributed by atoms with E-state index in [-0.39, 0.29) is 0 Å². The van der Waals surface area contributed by atoms with Gasteiger partial charge >= 0.3 is 0 Å². The molecule has 1 unspecified atom stereocenters. The topological polar surface area (TPSA) is 29.5 Å². The van der Waals surface area contributed by atoms with Crippen molar-refractivity contribution in [1.82, 2.24) is 0 Å². The van der Waals surface area contributed by atoms with Crippen LogP contribution in [0.5, 0.6) is 5.75 Å². The average Bonchev–Trinajstić information content (AvgIpc) is 2.24. The Bertz CT molecular complexity index is 406. The Morgan fingerprint density at radius 1 is 1.41 bits per heavy atom. The number of methoxy groups -OCH3 is 1. The van der Waals surface area contributed by atoms with Gasteiger partial charge < -0.3 is 9.84 Å². The minimum Gasteiger partial charge on any atom is -0.496 e. The Morgan fingerprint density at radius 2 is 2.06 bits per heavy atom. The minimum absolute atomic E-state index is 0.650.